The first-order chi connectivity index (χ1) is 9.76. The van der Waals surface area contributed by atoms with Crippen molar-refractivity contribution >= 4 is 13.3 Å². The maximum Gasteiger partial charge on any atom is 0.118 e. The van der Waals surface area contributed by atoms with Gasteiger partial charge in [-0.3, -0.25) is 0 Å². The van der Waals surface area contributed by atoms with Crippen molar-refractivity contribution in [1.82, 2.24) is 0 Å². The van der Waals surface area contributed by atoms with E-state index in [0.29, 0.717) is 11.5 Å². The van der Waals surface area contributed by atoms with Gasteiger partial charge >= 0.3 is 0 Å². The average Bonchev–Trinajstić information content (AvgIpc) is 2.46. The van der Waals surface area contributed by atoms with Crippen LogP contribution < -0.4 is 9.92 Å². The van der Waals surface area contributed by atoms with Crippen LogP contribution in [0.2, 0.25) is 18.6 Å². The molecule has 3 heteroatoms. The lowest BCUT2D eigenvalue weighted by molar-refractivity contribution is 0.0000427. The first kappa shape index (κ1) is 16.6. The van der Waals surface area contributed by atoms with E-state index in [1.807, 2.05) is 13.8 Å². The Labute approximate surface area is 130 Å². The average molecular weight is 307 g/mol. The zero-order valence-corrected chi connectivity index (χ0v) is 15.1. The Morgan fingerprint density at radius 3 is 2.19 bits per heavy atom. The van der Waals surface area contributed by atoms with Crippen LogP contribution in [-0.4, -0.2) is 25.9 Å². The van der Waals surface area contributed by atoms with Crippen LogP contribution in [0.15, 0.2) is 24.3 Å². The van der Waals surface area contributed by atoms with E-state index in [1.165, 1.54) is 30.9 Å². The number of methoxy groups -OCH3 is 1. The lowest BCUT2D eigenvalue weighted by atomic mass is 9.78. The van der Waals surface area contributed by atoms with E-state index in [2.05, 4.69) is 37.4 Å². The summed E-state index contributed by atoms with van der Waals surface area (Å²) in [5.41, 5.74) is 0.0848. The van der Waals surface area contributed by atoms with Gasteiger partial charge in [-0.15, -0.1) is 0 Å². The normalized spacial score (nSPS) is 23.9. The summed E-state index contributed by atoms with van der Waals surface area (Å²) in [5, 5.41) is 12.1. The Balaban J connectivity index is 2.30. The van der Waals surface area contributed by atoms with Gasteiger partial charge in [0.25, 0.3) is 0 Å². The highest BCUT2D eigenvalue weighted by molar-refractivity contribution is 6.91. The van der Waals surface area contributed by atoms with Crippen molar-refractivity contribution in [2.45, 2.75) is 63.8 Å². The van der Waals surface area contributed by atoms with E-state index in [4.69, 9.17) is 4.74 Å². The van der Waals surface area contributed by atoms with Crippen molar-refractivity contribution in [2.75, 3.05) is 7.11 Å². The zero-order chi connectivity index (χ0) is 15.7. The quantitative estimate of drug-likeness (QED) is 0.854. The summed E-state index contributed by atoms with van der Waals surface area (Å²) < 4.78 is 5.28. The van der Waals surface area contributed by atoms with Crippen LogP contribution in [0.3, 0.4) is 0 Å². The van der Waals surface area contributed by atoms with Crippen LogP contribution in [0, 0.1) is 5.92 Å². The zero-order valence-electron chi connectivity index (χ0n) is 14.1. The Morgan fingerprint density at radius 1 is 1.10 bits per heavy atom. The molecule has 1 aromatic carbocycles. The van der Waals surface area contributed by atoms with E-state index >= 15 is 0 Å². The third-order valence-corrected chi connectivity index (χ3v) is 9.80. The molecule has 0 unspecified atom stereocenters. The second kappa shape index (κ2) is 6.13. The van der Waals surface area contributed by atoms with Crippen molar-refractivity contribution in [3.8, 4) is 5.75 Å². The molecule has 1 fully saturated rings. The number of rotatable bonds is 4. The molecule has 1 aromatic rings. The van der Waals surface area contributed by atoms with Crippen molar-refractivity contribution < 1.29 is 9.84 Å². The number of ether oxygens (including phenoxy) is 1. The molecule has 21 heavy (non-hydrogen) atoms. The fourth-order valence-electron chi connectivity index (χ4n) is 4.07. The standard InChI is InChI=1S/C18H30O2Si/c1-18(2,19)16-8-6-7-9-17(16)21(4,5)15-12-10-14(20-3)11-13-15/h10-13,16-17,19H,6-9H2,1-5H3/t16-,17-/m1/s1. The second-order valence-corrected chi connectivity index (χ2v) is 12.4. The Bertz CT molecular complexity index is 459. The molecule has 1 aliphatic carbocycles. The van der Waals surface area contributed by atoms with Gasteiger partial charge in [0.1, 0.15) is 5.75 Å². The third kappa shape index (κ3) is 3.51. The lowest BCUT2D eigenvalue weighted by Crippen LogP contribution is -2.53. The molecule has 2 nitrogen and oxygen atoms in total. The maximum absolute atomic E-state index is 10.6. The Morgan fingerprint density at radius 2 is 1.67 bits per heavy atom. The Hall–Kier alpha value is -0.803. The largest absolute Gasteiger partial charge is 0.497 e. The molecular weight excluding hydrogens is 276 g/mol. The van der Waals surface area contributed by atoms with Crippen LogP contribution in [0.1, 0.15) is 39.5 Å². The maximum atomic E-state index is 10.6. The first-order valence-electron chi connectivity index (χ1n) is 8.13. The summed E-state index contributed by atoms with van der Waals surface area (Å²) in [7, 11) is 0.109. The summed E-state index contributed by atoms with van der Waals surface area (Å²) in [4.78, 5) is 0. The lowest BCUT2D eigenvalue weighted by Gasteiger charge is -2.46. The summed E-state index contributed by atoms with van der Waals surface area (Å²) in [6.45, 7) is 8.91. The molecule has 0 bridgehead atoms. The summed E-state index contributed by atoms with van der Waals surface area (Å²) in [6, 6.07) is 8.63. The molecule has 0 spiro atoms. The highest BCUT2D eigenvalue weighted by atomic mass is 28.3. The minimum absolute atomic E-state index is 0.426. The van der Waals surface area contributed by atoms with Gasteiger partial charge in [-0.2, -0.15) is 0 Å². The smallest absolute Gasteiger partial charge is 0.118 e. The number of aliphatic hydroxyl groups is 1. The van der Waals surface area contributed by atoms with Crippen molar-refractivity contribution in [2.24, 2.45) is 5.92 Å². The minimum atomic E-state index is -1.60. The SMILES string of the molecule is COc1ccc([Si](C)(C)[C@@H]2CCCC[C@H]2C(C)(C)O)cc1. The van der Waals surface area contributed by atoms with Crippen LogP contribution >= 0.6 is 0 Å². The minimum Gasteiger partial charge on any atom is -0.497 e. The van der Waals surface area contributed by atoms with E-state index in [1.54, 1.807) is 7.11 Å². The Kier molecular flexibility index (Phi) is 4.84. The second-order valence-electron chi connectivity index (χ2n) is 7.60. The number of hydrogen-bond donors (Lipinski definition) is 1. The van der Waals surface area contributed by atoms with Crippen LogP contribution in [-0.2, 0) is 0 Å². The van der Waals surface area contributed by atoms with E-state index in [-0.39, 0.29) is 0 Å². The van der Waals surface area contributed by atoms with Gasteiger partial charge in [0, 0.05) is 0 Å². The molecule has 0 saturated heterocycles. The van der Waals surface area contributed by atoms with Crippen LogP contribution in [0.25, 0.3) is 0 Å². The van der Waals surface area contributed by atoms with Crippen LogP contribution in [0.4, 0.5) is 0 Å². The highest BCUT2D eigenvalue weighted by Gasteiger charge is 2.45. The van der Waals surface area contributed by atoms with Gasteiger partial charge < -0.3 is 9.84 Å². The molecule has 2 atom stereocenters. The highest BCUT2D eigenvalue weighted by Crippen LogP contribution is 2.46. The summed E-state index contributed by atoms with van der Waals surface area (Å²) in [6.07, 6.45) is 5.00. The molecule has 2 rings (SSSR count). The predicted octanol–water partition coefficient (Wildman–Crippen LogP) is 3.94. The van der Waals surface area contributed by atoms with Gasteiger partial charge in [0.05, 0.1) is 20.8 Å². The molecule has 0 radical (unpaired) electrons. The fraction of sp³-hybridized carbons (Fsp3) is 0.667. The first-order valence-corrected chi connectivity index (χ1v) is 11.2. The van der Waals surface area contributed by atoms with E-state index in [9.17, 15) is 5.11 Å². The molecule has 1 N–H and O–H groups in total. The van der Waals surface area contributed by atoms with Crippen molar-refractivity contribution in [3.63, 3.8) is 0 Å². The summed E-state index contributed by atoms with van der Waals surface area (Å²) >= 11 is 0. The number of benzene rings is 1. The van der Waals surface area contributed by atoms with Crippen molar-refractivity contribution in [1.29, 1.82) is 0 Å². The molecule has 1 aliphatic rings. The molecule has 118 valence electrons. The fourth-order valence-corrected chi connectivity index (χ4v) is 8.04. The molecular formula is C18H30O2Si. The van der Waals surface area contributed by atoms with Gasteiger partial charge in [0.2, 0.25) is 0 Å². The summed E-state index contributed by atoms with van der Waals surface area (Å²) in [5.74, 6) is 1.35. The van der Waals surface area contributed by atoms with Crippen molar-refractivity contribution in [3.05, 3.63) is 24.3 Å². The monoisotopic (exact) mass is 306 g/mol. The molecule has 0 aliphatic heterocycles. The molecule has 0 heterocycles. The number of hydrogen-bond acceptors (Lipinski definition) is 2. The van der Waals surface area contributed by atoms with E-state index in [0.717, 1.165) is 5.75 Å². The molecule has 0 aromatic heterocycles. The predicted molar refractivity (Wildman–Crippen MR) is 92.1 cm³/mol. The van der Waals surface area contributed by atoms with Gasteiger partial charge in [-0.1, -0.05) is 49.7 Å². The molecule has 0 amide bonds. The van der Waals surface area contributed by atoms with Gasteiger partial charge in [-0.25, -0.2) is 0 Å². The van der Waals surface area contributed by atoms with E-state index < -0.39 is 13.7 Å². The topological polar surface area (TPSA) is 29.5 Å². The van der Waals surface area contributed by atoms with Crippen LogP contribution in [0.5, 0.6) is 5.75 Å². The third-order valence-electron chi connectivity index (χ3n) is 5.43. The van der Waals surface area contributed by atoms with Gasteiger partial charge in [0.15, 0.2) is 0 Å². The van der Waals surface area contributed by atoms with Gasteiger partial charge in [-0.05, 0) is 43.9 Å². The molecule has 1 saturated carbocycles.